The van der Waals surface area contributed by atoms with E-state index in [1.54, 1.807) is 24.3 Å². The van der Waals surface area contributed by atoms with Gasteiger partial charge in [-0.05, 0) is 34.9 Å². The highest BCUT2D eigenvalue weighted by molar-refractivity contribution is 5.72. The predicted octanol–water partition coefficient (Wildman–Crippen LogP) is 5.32. The van der Waals surface area contributed by atoms with Crippen molar-refractivity contribution in [3.8, 4) is 22.6 Å². The first-order chi connectivity index (χ1) is 12.9. The van der Waals surface area contributed by atoms with Gasteiger partial charge in [0.15, 0.2) is 0 Å². The zero-order chi connectivity index (χ0) is 19.3. The van der Waals surface area contributed by atoms with Crippen LogP contribution in [0.4, 0.5) is 13.2 Å². The second kappa shape index (κ2) is 8.14. The summed E-state index contributed by atoms with van der Waals surface area (Å²) in [5.74, 6) is -0.0942. The van der Waals surface area contributed by atoms with Crippen molar-refractivity contribution in [2.75, 3.05) is 0 Å². The van der Waals surface area contributed by atoms with Crippen molar-refractivity contribution in [2.45, 2.75) is 19.6 Å². The Labute approximate surface area is 154 Å². The summed E-state index contributed by atoms with van der Waals surface area (Å²) in [6, 6.07) is 20.4. The first-order valence-electron chi connectivity index (χ1n) is 8.21. The Hall–Kier alpha value is -2.99. The summed E-state index contributed by atoms with van der Waals surface area (Å²) in [6.45, 7) is 0.0618. The maximum atomic E-state index is 12.6. The van der Waals surface area contributed by atoms with Crippen LogP contribution in [0, 0.1) is 0 Å². The van der Waals surface area contributed by atoms with Gasteiger partial charge in [0.1, 0.15) is 18.1 Å². The second-order valence-corrected chi connectivity index (χ2v) is 5.84. The van der Waals surface area contributed by atoms with Gasteiger partial charge in [0.05, 0.1) is 6.61 Å². The maximum Gasteiger partial charge on any atom is 0.573 e. The monoisotopic (exact) mass is 374 g/mol. The molecule has 1 N–H and O–H groups in total. The third-order valence-corrected chi connectivity index (χ3v) is 3.84. The molecular weight excluding hydrogens is 357 g/mol. The average molecular weight is 374 g/mol. The third kappa shape index (κ3) is 5.24. The van der Waals surface area contributed by atoms with Gasteiger partial charge in [-0.15, -0.1) is 13.2 Å². The van der Waals surface area contributed by atoms with Gasteiger partial charge in [-0.25, -0.2) is 0 Å². The Morgan fingerprint density at radius 1 is 0.815 bits per heavy atom. The Bertz CT molecular complexity index is 893. The zero-order valence-corrected chi connectivity index (χ0v) is 14.2. The molecule has 0 amide bonds. The van der Waals surface area contributed by atoms with E-state index in [1.807, 2.05) is 30.3 Å². The van der Waals surface area contributed by atoms with Crippen molar-refractivity contribution in [3.05, 3.63) is 83.9 Å². The molecule has 0 heterocycles. The number of aliphatic hydroxyl groups excluding tert-OH is 1. The molecule has 0 spiro atoms. The Kier molecular flexibility index (Phi) is 5.66. The lowest BCUT2D eigenvalue weighted by atomic mass is 10.0. The molecule has 0 radical (unpaired) electrons. The quantitative estimate of drug-likeness (QED) is 0.634. The van der Waals surface area contributed by atoms with Crippen LogP contribution in [-0.2, 0) is 13.2 Å². The van der Waals surface area contributed by atoms with Crippen molar-refractivity contribution in [1.29, 1.82) is 0 Å². The van der Waals surface area contributed by atoms with Crippen molar-refractivity contribution in [3.63, 3.8) is 0 Å². The fourth-order valence-electron chi connectivity index (χ4n) is 2.63. The van der Waals surface area contributed by atoms with Gasteiger partial charge in [-0.1, -0.05) is 48.5 Å². The van der Waals surface area contributed by atoms with Crippen LogP contribution in [0.3, 0.4) is 0 Å². The van der Waals surface area contributed by atoms with Crippen molar-refractivity contribution in [2.24, 2.45) is 0 Å². The van der Waals surface area contributed by atoms with Crippen LogP contribution in [0.15, 0.2) is 72.8 Å². The molecule has 27 heavy (non-hydrogen) atoms. The van der Waals surface area contributed by atoms with Gasteiger partial charge >= 0.3 is 6.36 Å². The molecule has 0 saturated heterocycles. The van der Waals surface area contributed by atoms with E-state index in [-0.39, 0.29) is 24.7 Å². The van der Waals surface area contributed by atoms with E-state index in [0.717, 1.165) is 11.1 Å². The summed E-state index contributed by atoms with van der Waals surface area (Å²) < 4.78 is 47.5. The molecule has 3 nitrogen and oxygen atoms in total. The molecular formula is C21H17F3O3. The molecule has 0 aliphatic carbocycles. The van der Waals surface area contributed by atoms with Crippen LogP contribution >= 0.6 is 0 Å². The molecule has 0 atom stereocenters. The minimum atomic E-state index is -4.78. The molecule has 3 aromatic rings. The first-order valence-corrected chi connectivity index (χ1v) is 8.21. The first kappa shape index (κ1) is 18.8. The highest BCUT2D eigenvalue weighted by atomic mass is 19.4. The fraction of sp³-hybridized carbons (Fsp3) is 0.143. The van der Waals surface area contributed by atoms with Gasteiger partial charge < -0.3 is 14.6 Å². The Morgan fingerprint density at radius 3 is 2.26 bits per heavy atom. The molecule has 0 aromatic heterocycles. The van der Waals surface area contributed by atoms with Gasteiger partial charge in [0.25, 0.3) is 0 Å². The second-order valence-electron chi connectivity index (χ2n) is 5.84. The van der Waals surface area contributed by atoms with Crippen LogP contribution < -0.4 is 9.47 Å². The lowest BCUT2D eigenvalue weighted by Crippen LogP contribution is -2.17. The summed E-state index contributed by atoms with van der Waals surface area (Å²) in [4.78, 5) is 0. The number of hydrogen-bond acceptors (Lipinski definition) is 3. The number of rotatable bonds is 6. The number of halogens is 3. The lowest BCUT2D eigenvalue weighted by molar-refractivity contribution is -0.274. The van der Waals surface area contributed by atoms with E-state index in [1.165, 1.54) is 18.2 Å². The van der Waals surface area contributed by atoms with Gasteiger partial charge in [-0.3, -0.25) is 0 Å². The van der Waals surface area contributed by atoms with E-state index in [4.69, 9.17) is 4.74 Å². The molecule has 3 aromatic carbocycles. The van der Waals surface area contributed by atoms with Gasteiger partial charge in [-0.2, -0.15) is 0 Å². The summed E-state index contributed by atoms with van der Waals surface area (Å²) in [5, 5.41) is 9.33. The van der Waals surface area contributed by atoms with Crippen LogP contribution in [0.25, 0.3) is 11.1 Å². The maximum absolute atomic E-state index is 12.6. The highest BCUT2D eigenvalue weighted by Crippen LogP contribution is 2.36. The third-order valence-electron chi connectivity index (χ3n) is 3.84. The zero-order valence-electron chi connectivity index (χ0n) is 14.2. The minimum Gasteiger partial charge on any atom is -0.488 e. The number of ether oxygens (including phenoxy) is 2. The molecule has 0 aliphatic heterocycles. The largest absolute Gasteiger partial charge is 0.573 e. The molecule has 0 bridgehead atoms. The number of alkyl halides is 3. The molecule has 140 valence electrons. The van der Waals surface area contributed by atoms with Crippen LogP contribution in [0.1, 0.15) is 11.1 Å². The summed E-state index contributed by atoms with van der Waals surface area (Å²) in [7, 11) is 0. The Morgan fingerprint density at radius 2 is 1.56 bits per heavy atom. The normalized spacial score (nSPS) is 11.3. The molecule has 6 heteroatoms. The van der Waals surface area contributed by atoms with Crippen molar-refractivity contribution < 1.29 is 27.8 Å². The van der Waals surface area contributed by atoms with E-state index >= 15 is 0 Å². The number of benzene rings is 3. The summed E-state index contributed by atoms with van der Waals surface area (Å²) in [6.07, 6.45) is -4.78. The summed E-state index contributed by atoms with van der Waals surface area (Å²) >= 11 is 0. The van der Waals surface area contributed by atoms with E-state index in [9.17, 15) is 18.3 Å². The number of hydrogen-bond donors (Lipinski definition) is 1. The van der Waals surface area contributed by atoms with Crippen LogP contribution in [-0.4, -0.2) is 11.5 Å². The smallest absolute Gasteiger partial charge is 0.488 e. The molecule has 0 fully saturated rings. The molecule has 3 rings (SSSR count). The lowest BCUT2D eigenvalue weighted by Gasteiger charge is -2.15. The number of aliphatic hydroxyl groups is 1. The van der Waals surface area contributed by atoms with Gasteiger partial charge in [0, 0.05) is 11.6 Å². The molecule has 0 saturated carbocycles. The van der Waals surface area contributed by atoms with Crippen molar-refractivity contribution in [1.82, 2.24) is 0 Å². The Balaban J connectivity index is 1.95. The predicted molar refractivity (Wildman–Crippen MR) is 95.3 cm³/mol. The van der Waals surface area contributed by atoms with Crippen molar-refractivity contribution >= 4 is 0 Å². The standard InChI is InChI=1S/C21H17F3O3/c22-21(23,24)27-18-9-10-19(17-8-4-7-16(11-17)13-25)20(12-18)26-14-15-5-2-1-3-6-15/h1-12,25H,13-14H2. The SMILES string of the molecule is OCc1cccc(-c2ccc(OC(F)(F)F)cc2OCc2ccccc2)c1. The molecule has 0 unspecified atom stereocenters. The average Bonchev–Trinajstić information content (AvgIpc) is 2.66. The summed E-state index contributed by atoms with van der Waals surface area (Å²) in [5.41, 5.74) is 2.91. The minimum absolute atomic E-state index is 0.136. The van der Waals surface area contributed by atoms with E-state index in [0.29, 0.717) is 11.1 Å². The fourth-order valence-corrected chi connectivity index (χ4v) is 2.63. The highest BCUT2D eigenvalue weighted by Gasteiger charge is 2.31. The topological polar surface area (TPSA) is 38.7 Å². The van der Waals surface area contributed by atoms with E-state index in [2.05, 4.69) is 4.74 Å². The van der Waals surface area contributed by atoms with Gasteiger partial charge in [0.2, 0.25) is 0 Å². The van der Waals surface area contributed by atoms with E-state index < -0.39 is 6.36 Å². The van der Waals surface area contributed by atoms with Crippen LogP contribution in [0.2, 0.25) is 0 Å². The molecule has 0 aliphatic rings. The van der Waals surface area contributed by atoms with Crippen LogP contribution in [0.5, 0.6) is 11.5 Å².